The summed E-state index contributed by atoms with van der Waals surface area (Å²) in [4.78, 5) is 23.2. The Labute approximate surface area is 124 Å². The molecule has 1 aliphatic carbocycles. The zero-order chi connectivity index (χ0) is 15.2. The number of carbonyl (C=O) groups excluding carboxylic acids is 2. The highest BCUT2D eigenvalue weighted by atomic mass is 16.3. The van der Waals surface area contributed by atoms with E-state index < -0.39 is 0 Å². The summed E-state index contributed by atoms with van der Waals surface area (Å²) in [6, 6.07) is 6.87. The van der Waals surface area contributed by atoms with E-state index in [4.69, 9.17) is 0 Å². The topological polar surface area (TPSA) is 78.4 Å². The summed E-state index contributed by atoms with van der Waals surface area (Å²) in [7, 11) is 0. The van der Waals surface area contributed by atoms with Gasteiger partial charge in [-0.05, 0) is 42.9 Å². The Morgan fingerprint density at radius 3 is 2.76 bits per heavy atom. The van der Waals surface area contributed by atoms with Crippen molar-refractivity contribution >= 4 is 17.5 Å². The summed E-state index contributed by atoms with van der Waals surface area (Å²) >= 11 is 0. The minimum absolute atomic E-state index is 0.147. The van der Waals surface area contributed by atoms with Crippen molar-refractivity contribution in [3.8, 4) is 0 Å². The monoisotopic (exact) mass is 290 g/mol. The Morgan fingerprint density at radius 1 is 1.29 bits per heavy atom. The molecule has 2 atom stereocenters. The van der Waals surface area contributed by atoms with Gasteiger partial charge in [0.1, 0.15) is 0 Å². The first-order valence-corrected chi connectivity index (χ1v) is 7.37. The maximum absolute atomic E-state index is 12.1. The van der Waals surface area contributed by atoms with Gasteiger partial charge in [-0.25, -0.2) is 0 Å². The predicted octanol–water partition coefficient (Wildman–Crippen LogP) is 1.78. The van der Waals surface area contributed by atoms with E-state index in [0.29, 0.717) is 29.6 Å². The number of aliphatic hydroxyl groups excluding tert-OH is 1. The fourth-order valence-electron chi connectivity index (χ4n) is 2.89. The number of rotatable bonds is 5. The van der Waals surface area contributed by atoms with Crippen molar-refractivity contribution in [2.24, 2.45) is 11.8 Å². The van der Waals surface area contributed by atoms with E-state index >= 15 is 0 Å². The van der Waals surface area contributed by atoms with Crippen molar-refractivity contribution in [3.05, 3.63) is 29.8 Å². The third-order valence-electron chi connectivity index (χ3n) is 4.02. The molecule has 5 nitrogen and oxygen atoms in total. The van der Waals surface area contributed by atoms with Crippen molar-refractivity contribution in [3.63, 3.8) is 0 Å². The number of hydrogen-bond donors (Lipinski definition) is 3. The summed E-state index contributed by atoms with van der Waals surface area (Å²) in [6.45, 7) is 2.22. The number of aliphatic hydroxyl groups is 1. The van der Waals surface area contributed by atoms with Crippen molar-refractivity contribution in [1.82, 2.24) is 5.32 Å². The number of nitrogens with one attached hydrogen (secondary N) is 2. The number of carbonyl (C=O) groups is 2. The Morgan fingerprint density at radius 2 is 2.05 bits per heavy atom. The van der Waals surface area contributed by atoms with Crippen LogP contribution in [-0.4, -0.2) is 30.1 Å². The summed E-state index contributed by atoms with van der Waals surface area (Å²) in [5, 5.41) is 14.9. The molecule has 0 aliphatic heterocycles. The fourth-order valence-corrected chi connectivity index (χ4v) is 2.89. The molecule has 1 aromatic rings. The van der Waals surface area contributed by atoms with Crippen LogP contribution in [0.2, 0.25) is 0 Å². The zero-order valence-corrected chi connectivity index (χ0v) is 12.3. The molecule has 2 rings (SSSR count). The zero-order valence-electron chi connectivity index (χ0n) is 12.3. The quantitative estimate of drug-likeness (QED) is 0.773. The smallest absolute Gasteiger partial charge is 0.251 e. The predicted molar refractivity (Wildman–Crippen MR) is 81.0 cm³/mol. The number of anilines is 1. The summed E-state index contributed by atoms with van der Waals surface area (Å²) in [5.74, 6) is 0.351. The third kappa shape index (κ3) is 4.29. The first kappa shape index (κ1) is 15.5. The van der Waals surface area contributed by atoms with E-state index in [1.165, 1.54) is 6.92 Å². The second kappa shape index (κ2) is 7.22. The van der Waals surface area contributed by atoms with Crippen LogP contribution in [-0.2, 0) is 4.79 Å². The maximum atomic E-state index is 12.1. The lowest BCUT2D eigenvalue weighted by Crippen LogP contribution is -2.31. The highest BCUT2D eigenvalue weighted by Crippen LogP contribution is 2.30. The molecule has 1 aromatic carbocycles. The van der Waals surface area contributed by atoms with Gasteiger partial charge in [0, 0.05) is 31.3 Å². The van der Waals surface area contributed by atoms with E-state index in [1.54, 1.807) is 24.3 Å². The van der Waals surface area contributed by atoms with Gasteiger partial charge in [-0.3, -0.25) is 9.59 Å². The first-order chi connectivity index (χ1) is 10.1. The van der Waals surface area contributed by atoms with Gasteiger partial charge in [-0.15, -0.1) is 0 Å². The number of hydrogen-bond acceptors (Lipinski definition) is 3. The van der Waals surface area contributed by atoms with Crippen LogP contribution in [0.25, 0.3) is 0 Å². The lowest BCUT2D eigenvalue weighted by molar-refractivity contribution is -0.114. The largest absolute Gasteiger partial charge is 0.396 e. The van der Waals surface area contributed by atoms with Crippen molar-refractivity contribution in [2.45, 2.75) is 26.2 Å². The second-order valence-corrected chi connectivity index (χ2v) is 5.61. The molecule has 0 aromatic heterocycles. The van der Waals surface area contributed by atoms with Crippen LogP contribution in [0, 0.1) is 11.8 Å². The van der Waals surface area contributed by atoms with Gasteiger partial charge in [-0.1, -0.05) is 12.5 Å². The molecule has 2 amide bonds. The molecule has 5 heteroatoms. The van der Waals surface area contributed by atoms with Crippen LogP contribution >= 0.6 is 0 Å². The minimum atomic E-state index is -0.163. The molecule has 3 N–H and O–H groups in total. The first-order valence-electron chi connectivity index (χ1n) is 7.37. The summed E-state index contributed by atoms with van der Waals surface area (Å²) in [5.41, 5.74) is 1.14. The van der Waals surface area contributed by atoms with E-state index in [0.717, 1.165) is 19.3 Å². The van der Waals surface area contributed by atoms with Gasteiger partial charge in [-0.2, -0.15) is 0 Å². The minimum Gasteiger partial charge on any atom is -0.396 e. The van der Waals surface area contributed by atoms with E-state index in [2.05, 4.69) is 10.6 Å². The fraction of sp³-hybridized carbons (Fsp3) is 0.500. The standard InChI is InChI=1S/C16H22N2O3/c1-11(20)18-15-7-3-4-12(8-15)16(21)17-9-13-5-2-6-14(13)10-19/h3-4,7-8,13-14,19H,2,5-6,9-10H2,1H3,(H,17,21)(H,18,20). The third-order valence-corrected chi connectivity index (χ3v) is 4.02. The average molecular weight is 290 g/mol. The SMILES string of the molecule is CC(=O)Nc1cccc(C(=O)NCC2CCCC2CO)c1. The van der Waals surface area contributed by atoms with Crippen LogP contribution in [0.15, 0.2) is 24.3 Å². The molecule has 1 aliphatic rings. The Hall–Kier alpha value is -1.88. The molecule has 21 heavy (non-hydrogen) atoms. The van der Waals surface area contributed by atoms with Gasteiger partial charge < -0.3 is 15.7 Å². The van der Waals surface area contributed by atoms with Crippen LogP contribution in [0.3, 0.4) is 0 Å². The normalized spacial score (nSPS) is 21.0. The van der Waals surface area contributed by atoms with Crippen LogP contribution in [0.1, 0.15) is 36.5 Å². The molecule has 2 unspecified atom stereocenters. The average Bonchev–Trinajstić information content (AvgIpc) is 2.91. The summed E-state index contributed by atoms with van der Waals surface area (Å²) in [6.07, 6.45) is 3.20. The van der Waals surface area contributed by atoms with Crippen LogP contribution in [0.4, 0.5) is 5.69 Å². The van der Waals surface area contributed by atoms with Crippen molar-refractivity contribution < 1.29 is 14.7 Å². The van der Waals surface area contributed by atoms with Gasteiger partial charge in [0.15, 0.2) is 0 Å². The lowest BCUT2D eigenvalue weighted by Gasteiger charge is -2.17. The molecule has 0 saturated heterocycles. The van der Waals surface area contributed by atoms with E-state index in [9.17, 15) is 14.7 Å². The van der Waals surface area contributed by atoms with Crippen LogP contribution < -0.4 is 10.6 Å². The highest BCUT2D eigenvalue weighted by molar-refractivity contribution is 5.96. The van der Waals surface area contributed by atoms with Gasteiger partial charge in [0.2, 0.25) is 5.91 Å². The molecular formula is C16H22N2O3. The molecule has 0 heterocycles. The molecule has 114 valence electrons. The van der Waals surface area contributed by atoms with Crippen molar-refractivity contribution in [2.75, 3.05) is 18.5 Å². The highest BCUT2D eigenvalue weighted by Gasteiger charge is 2.26. The Bertz CT molecular complexity index is 516. The van der Waals surface area contributed by atoms with Gasteiger partial charge >= 0.3 is 0 Å². The van der Waals surface area contributed by atoms with Gasteiger partial charge in [0.05, 0.1) is 0 Å². The molecular weight excluding hydrogens is 268 g/mol. The van der Waals surface area contributed by atoms with Crippen molar-refractivity contribution in [1.29, 1.82) is 0 Å². The maximum Gasteiger partial charge on any atom is 0.251 e. The Balaban J connectivity index is 1.92. The molecule has 1 fully saturated rings. The lowest BCUT2D eigenvalue weighted by atomic mass is 9.97. The van der Waals surface area contributed by atoms with E-state index in [-0.39, 0.29) is 18.4 Å². The molecule has 0 spiro atoms. The number of benzene rings is 1. The second-order valence-electron chi connectivity index (χ2n) is 5.61. The molecule has 0 bridgehead atoms. The molecule has 0 radical (unpaired) electrons. The van der Waals surface area contributed by atoms with Gasteiger partial charge in [0.25, 0.3) is 5.91 Å². The Kier molecular flexibility index (Phi) is 5.33. The molecule has 1 saturated carbocycles. The number of amides is 2. The van der Waals surface area contributed by atoms with E-state index in [1.807, 2.05) is 0 Å². The summed E-state index contributed by atoms with van der Waals surface area (Å²) < 4.78 is 0. The van der Waals surface area contributed by atoms with Crippen LogP contribution in [0.5, 0.6) is 0 Å².